The van der Waals surface area contributed by atoms with Crippen molar-refractivity contribution in [1.82, 2.24) is 0 Å². The van der Waals surface area contributed by atoms with Crippen LogP contribution in [0.25, 0.3) is 0 Å². The lowest BCUT2D eigenvalue weighted by molar-refractivity contribution is 0.150. The lowest BCUT2D eigenvalue weighted by Gasteiger charge is -1.99. The SMILES string of the molecule is FC(F)c1ccc[c]c1Br. The average Bonchev–Trinajstić information content (AvgIpc) is 1.88. The van der Waals surface area contributed by atoms with E-state index in [1.165, 1.54) is 12.1 Å². The Labute approximate surface area is 66.0 Å². The van der Waals surface area contributed by atoms with Crippen LogP contribution in [0, 0.1) is 6.07 Å². The van der Waals surface area contributed by atoms with Gasteiger partial charge in [0.15, 0.2) is 0 Å². The monoisotopic (exact) mass is 205 g/mol. The molecule has 0 N–H and O–H groups in total. The van der Waals surface area contributed by atoms with Crippen LogP contribution in [0.3, 0.4) is 0 Å². The molecule has 0 fully saturated rings. The van der Waals surface area contributed by atoms with Crippen LogP contribution in [-0.2, 0) is 0 Å². The molecule has 0 atom stereocenters. The van der Waals surface area contributed by atoms with Crippen LogP contribution >= 0.6 is 15.9 Å². The van der Waals surface area contributed by atoms with Crippen LogP contribution < -0.4 is 0 Å². The second-order valence-electron chi connectivity index (χ2n) is 1.74. The van der Waals surface area contributed by atoms with E-state index < -0.39 is 6.43 Å². The van der Waals surface area contributed by atoms with E-state index in [2.05, 4.69) is 22.0 Å². The zero-order valence-corrected chi connectivity index (χ0v) is 6.53. The van der Waals surface area contributed by atoms with E-state index in [4.69, 9.17) is 0 Å². The Kier molecular flexibility index (Phi) is 2.38. The summed E-state index contributed by atoms with van der Waals surface area (Å²) < 4.78 is 24.3. The van der Waals surface area contributed by atoms with Gasteiger partial charge in [-0.15, -0.1) is 0 Å². The molecule has 0 saturated carbocycles. The van der Waals surface area contributed by atoms with Crippen molar-refractivity contribution in [2.75, 3.05) is 0 Å². The van der Waals surface area contributed by atoms with Crippen LogP contribution in [0.4, 0.5) is 8.78 Å². The largest absolute Gasteiger partial charge is 0.264 e. The summed E-state index contributed by atoms with van der Waals surface area (Å²) in [6, 6.07) is 7.10. The molecular formula is C7H4BrF2. The Morgan fingerprint density at radius 1 is 1.50 bits per heavy atom. The Balaban J connectivity index is 3.03. The van der Waals surface area contributed by atoms with E-state index in [1.54, 1.807) is 6.07 Å². The maximum absolute atomic E-state index is 12.0. The molecule has 1 radical (unpaired) electrons. The molecule has 3 heteroatoms. The normalized spacial score (nSPS) is 10.4. The summed E-state index contributed by atoms with van der Waals surface area (Å²) in [5, 5.41) is 0. The molecule has 0 bridgehead atoms. The topological polar surface area (TPSA) is 0 Å². The fourth-order valence-corrected chi connectivity index (χ4v) is 1.04. The third-order valence-corrected chi connectivity index (χ3v) is 1.76. The summed E-state index contributed by atoms with van der Waals surface area (Å²) >= 11 is 2.96. The van der Waals surface area contributed by atoms with Crippen LogP contribution in [0.2, 0.25) is 0 Å². The van der Waals surface area contributed by atoms with Gasteiger partial charge >= 0.3 is 0 Å². The van der Waals surface area contributed by atoms with Crippen molar-refractivity contribution in [3.05, 3.63) is 34.3 Å². The summed E-state index contributed by atoms with van der Waals surface area (Å²) in [4.78, 5) is 0. The highest BCUT2D eigenvalue weighted by Gasteiger charge is 2.09. The minimum atomic E-state index is -2.42. The molecule has 1 aromatic carbocycles. The first kappa shape index (κ1) is 7.66. The molecule has 0 aromatic heterocycles. The van der Waals surface area contributed by atoms with Gasteiger partial charge < -0.3 is 0 Å². The highest BCUT2D eigenvalue weighted by atomic mass is 79.9. The maximum atomic E-state index is 12.0. The van der Waals surface area contributed by atoms with E-state index in [0.29, 0.717) is 4.47 Å². The lowest BCUT2D eigenvalue weighted by Crippen LogP contribution is -1.83. The second-order valence-corrected chi connectivity index (χ2v) is 2.53. The minimum Gasteiger partial charge on any atom is -0.205 e. The van der Waals surface area contributed by atoms with Crippen molar-refractivity contribution in [2.45, 2.75) is 6.43 Å². The molecule has 0 aliphatic rings. The molecule has 0 spiro atoms. The molecule has 0 unspecified atom stereocenters. The lowest BCUT2D eigenvalue weighted by atomic mass is 10.2. The molecule has 1 aromatic rings. The van der Waals surface area contributed by atoms with Crippen molar-refractivity contribution < 1.29 is 8.78 Å². The van der Waals surface area contributed by atoms with Crippen molar-refractivity contribution in [3.8, 4) is 0 Å². The second kappa shape index (κ2) is 3.10. The molecule has 0 saturated heterocycles. The van der Waals surface area contributed by atoms with Crippen LogP contribution in [0.15, 0.2) is 22.7 Å². The summed E-state index contributed by atoms with van der Waals surface area (Å²) in [5.41, 5.74) is -0.0116. The van der Waals surface area contributed by atoms with E-state index >= 15 is 0 Å². The van der Waals surface area contributed by atoms with Crippen LogP contribution in [-0.4, -0.2) is 0 Å². The van der Waals surface area contributed by atoms with Gasteiger partial charge in [0.25, 0.3) is 6.43 Å². The van der Waals surface area contributed by atoms with Gasteiger partial charge in [0.2, 0.25) is 0 Å². The molecular weight excluding hydrogens is 202 g/mol. The third-order valence-electron chi connectivity index (χ3n) is 1.07. The third kappa shape index (κ3) is 1.53. The van der Waals surface area contributed by atoms with Crippen LogP contribution in [0.5, 0.6) is 0 Å². The number of hydrogen-bond acceptors (Lipinski definition) is 0. The van der Waals surface area contributed by atoms with Crippen molar-refractivity contribution in [2.24, 2.45) is 0 Å². The quantitative estimate of drug-likeness (QED) is 0.661. The summed E-state index contributed by atoms with van der Waals surface area (Å²) in [6.45, 7) is 0. The predicted octanol–water partition coefficient (Wildman–Crippen LogP) is 3.19. The Bertz CT molecular complexity index is 223. The fourth-order valence-electron chi connectivity index (χ4n) is 0.598. The minimum absolute atomic E-state index is 0.0116. The Morgan fingerprint density at radius 3 is 2.60 bits per heavy atom. The first-order chi connectivity index (χ1) is 4.72. The first-order valence-electron chi connectivity index (χ1n) is 2.66. The van der Waals surface area contributed by atoms with Gasteiger partial charge in [-0.3, -0.25) is 0 Å². The Hall–Kier alpha value is -0.440. The van der Waals surface area contributed by atoms with E-state index in [0.717, 1.165) is 0 Å². The molecule has 0 heterocycles. The average molecular weight is 206 g/mol. The molecule has 0 nitrogen and oxygen atoms in total. The predicted molar refractivity (Wildman–Crippen MR) is 37.9 cm³/mol. The number of benzene rings is 1. The highest BCUT2D eigenvalue weighted by Crippen LogP contribution is 2.25. The number of halogens is 3. The van der Waals surface area contributed by atoms with Gasteiger partial charge in [0.1, 0.15) is 0 Å². The van der Waals surface area contributed by atoms with E-state index in [1.807, 2.05) is 0 Å². The van der Waals surface area contributed by atoms with Gasteiger partial charge in [-0.1, -0.05) is 18.2 Å². The number of rotatable bonds is 1. The van der Waals surface area contributed by atoms with E-state index in [9.17, 15) is 8.78 Å². The smallest absolute Gasteiger partial charge is 0.205 e. The zero-order chi connectivity index (χ0) is 7.56. The molecule has 0 aliphatic carbocycles. The molecule has 0 aliphatic heterocycles. The number of alkyl halides is 2. The molecule has 1 rings (SSSR count). The summed E-state index contributed by atoms with van der Waals surface area (Å²) in [5.74, 6) is 0. The van der Waals surface area contributed by atoms with Gasteiger partial charge in [-0.2, -0.15) is 0 Å². The maximum Gasteiger partial charge on any atom is 0.264 e. The van der Waals surface area contributed by atoms with Crippen molar-refractivity contribution >= 4 is 15.9 Å². The fraction of sp³-hybridized carbons (Fsp3) is 0.143. The van der Waals surface area contributed by atoms with E-state index in [-0.39, 0.29) is 5.56 Å². The standard InChI is InChI=1S/C7H4BrF2/c8-6-4-2-1-3-5(6)7(9)10/h1-3,7H. The zero-order valence-electron chi connectivity index (χ0n) is 4.94. The number of hydrogen-bond donors (Lipinski definition) is 0. The summed E-state index contributed by atoms with van der Waals surface area (Å²) in [6.07, 6.45) is -2.42. The van der Waals surface area contributed by atoms with Gasteiger partial charge in [-0.05, 0) is 22.0 Å². The molecule has 10 heavy (non-hydrogen) atoms. The van der Waals surface area contributed by atoms with Gasteiger partial charge in [-0.25, -0.2) is 8.78 Å². The summed E-state index contributed by atoms with van der Waals surface area (Å²) in [7, 11) is 0. The highest BCUT2D eigenvalue weighted by molar-refractivity contribution is 9.10. The Morgan fingerprint density at radius 2 is 2.20 bits per heavy atom. The van der Waals surface area contributed by atoms with Gasteiger partial charge in [0, 0.05) is 10.0 Å². The van der Waals surface area contributed by atoms with Gasteiger partial charge in [0.05, 0.1) is 0 Å². The van der Waals surface area contributed by atoms with Crippen molar-refractivity contribution in [3.63, 3.8) is 0 Å². The van der Waals surface area contributed by atoms with Crippen molar-refractivity contribution in [1.29, 1.82) is 0 Å². The molecule has 53 valence electrons. The first-order valence-corrected chi connectivity index (χ1v) is 3.45. The van der Waals surface area contributed by atoms with Crippen LogP contribution in [0.1, 0.15) is 12.0 Å². The molecule has 0 amide bonds.